The van der Waals surface area contributed by atoms with E-state index in [4.69, 9.17) is 5.32 Å². The first-order valence-electron chi connectivity index (χ1n) is 13.2. The molecule has 2 aliphatic heterocycles. The molecule has 0 fully saturated rings. The van der Waals surface area contributed by atoms with Crippen molar-refractivity contribution in [3.63, 3.8) is 0 Å². The normalized spacial score (nSPS) is 14.0. The first-order valence-corrected chi connectivity index (χ1v) is 15.2. The maximum atomic E-state index is 5.16. The second-order valence-corrected chi connectivity index (χ2v) is 9.86. The molecule has 41 heavy (non-hydrogen) atoms. The van der Waals surface area contributed by atoms with Gasteiger partial charge in [-0.2, -0.15) is 0 Å². The summed E-state index contributed by atoms with van der Waals surface area (Å²) in [6.45, 7) is 12.7. The Labute approximate surface area is 258 Å². The summed E-state index contributed by atoms with van der Waals surface area (Å²) < 4.78 is 0. The predicted molar refractivity (Wildman–Crippen MR) is 165 cm³/mol. The Morgan fingerprint density at radius 2 is 1.00 bits per heavy atom. The summed E-state index contributed by atoms with van der Waals surface area (Å²) >= 11 is 2.22. The van der Waals surface area contributed by atoms with E-state index in [9.17, 15) is 0 Å². The molecule has 0 unspecified atom stereocenters. The van der Waals surface area contributed by atoms with Crippen LogP contribution in [0, 0.1) is 27.2 Å². The van der Waals surface area contributed by atoms with E-state index in [0.717, 1.165) is 35.8 Å². The average Bonchev–Trinajstić information content (AvgIpc) is 3.67. The van der Waals surface area contributed by atoms with Gasteiger partial charge in [-0.05, 0) is 48.2 Å². The van der Waals surface area contributed by atoms with Crippen LogP contribution in [0.25, 0.3) is 5.32 Å². The zero-order valence-electron chi connectivity index (χ0n) is 22.9. The fraction of sp³-hybridized carbons (Fsp3) is 0.118. The minimum atomic E-state index is 0.765. The second kappa shape index (κ2) is 13.8. The third-order valence-corrected chi connectivity index (χ3v) is 6.68. The van der Waals surface area contributed by atoms with E-state index < -0.39 is 0 Å². The molecule has 7 heteroatoms. The molecule has 0 bridgehead atoms. The summed E-state index contributed by atoms with van der Waals surface area (Å²) in [5.41, 5.74) is 8.57. The molecule has 0 atom stereocenters. The minimum absolute atomic E-state index is 0.765. The molecule has 208 valence electrons. The number of halogens is 1. The van der Waals surface area contributed by atoms with Gasteiger partial charge in [0.1, 0.15) is 0 Å². The summed E-state index contributed by atoms with van der Waals surface area (Å²) in [5, 5.41) is 5.16. The molecule has 0 saturated carbocycles. The SMILES string of the molecule is Cc1ccc([N-]c2ccc(C)cc2N2[C]N(Cc3ccccc3)C=C2)c(N2[C]N(Cc3ccccc3)C=C2)c1.[Cl][Pd+]. The van der Waals surface area contributed by atoms with Crippen LogP contribution in [0.3, 0.4) is 0 Å². The van der Waals surface area contributed by atoms with Gasteiger partial charge in [-0.25, -0.2) is 0 Å². The Morgan fingerprint density at radius 3 is 1.41 bits per heavy atom. The van der Waals surface area contributed by atoms with Gasteiger partial charge < -0.3 is 24.9 Å². The van der Waals surface area contributed by atoms with E-state index in [1.54, 1.807) is 0 Å². The number of hydrogen-bond acceptors (Lipinski definition) is 4. The van der Waals surface area contributed by atoms with Crippen LogP contribution < -0.4 is 9.80 Å². The predicted octanol–water partition coefficient (Wildman–Crippen LogP) is 8.91. The molecule has 5 nitrogen and oxygen atoms in total. The van der Waals surface area contributed by atoms with E-state index in [0.29, 0.717) is 0 Å². The van der Waals surface area contributed by atoms with Crippen molar-refractivity contribution in [1.82, 2.24) is 9.80 Å². The third-order valence-electron chi connectivity index (χ3n) is 6.68. The van der Waals surface area contributed by atoms with Crippen molar-refractivity contribution < 1.29 is 18.2 Å². The van der Waals surface area contributed by atoms with Crippen molar-refractivity contribution in [3.05, 3.63) is 163 Å². The molecule has 0 spiro atoms. The molecule has 0 amide bonds. The Bertz CT molecular complexity index is 1380. The van der Waals surface area contributed by atoms with Crippen molar-refractivity contribution in [1.29, 1.82) is 0 Å². The van der Waals surface area contributed by atoms with E-state index in [2.05, 4.69) is 162 Å². The first kappa shape index (κ1) is 28.8. The summed E-state index contributed by atoms with van der Waals surface area (Å²) in [7, 11) is 4.49. The molecule has 0 saturated heterocycles. The molecule has 4 aromatic rings. The summed E-state index contributed by atoms with van der Waals surface area (Å²) in [4.78, 5) is 8.19. The molecule has 0 N–H and O–H groups in total. The molecular formula is C34H30ClN5Pd. The molecule has 0 aromatic heterocycles. The Hall–Kier alpha value is -3.69. The summed E-state index contributed by atoms with van der Waals surface area (Å²) in [5.74, 6) is 0. The zero-order valence-corrected chi connectivity index (χ0v) is 25.2. The van der Waals surface area contributed by atoms with Crippen LogP contribution >= 0.6 is 9.53 Å². The monoisotopic (exact) mass is 649 g/mol. The molecule has 4 aromatic carbocycles. The van der Waals surface area contributed by atoms with Gasteiger partial charge in [-0.3, -0.25) is 0 Å². The average molecular weight is 651 g/mol. The first-order chi connectivity index (χ1) is 20.1. The number of nitrogens with zero attached hydrogens (tertiary/aromatic N) is 5. The van der Waals surface area contributed by atoms with Crippen LogP contribution in [0.2, 0.25) is 0 Å². The topological polar surface area (TPSA) is 27.1 Å². The zero-order chi connectivity index (χ0) is 28.6. The third kappa shape index (κ3) is 7.34. The number of rotatable bonds is 8. The van der Waals surface area contributed by atoms with E-state index >= 15 is 0 Å². The van der Waals surface area contributed by atoms with Gasteiger partial charge in [0.15, 0.2) is 0 Å². The molecular weight excluding hydrogens is 620 g/mol. The number of benzene rings is 4. The van der Waals surface area contributed by atoms with E-state index in [1.807, 2.05) is 34.3 Å². The Kier molecular flexibility index (Phi) is 9.69. The molecule has 6 rings (SSSR count). The Morgan fingerprint density at radius 1 is 0.585 bits per heavy atom. The van der Waals surface area contributed by atoms with E-state index in [-0.39, 0.29) is 0 Å². The number of hydrogen-bond donors (Lipinski definition) is 0. The van der Waals surface area contributed by atoms with Crippen LogP contribution in [0.4, 0.5) is 22.7 Å². The van der Waals surface area contributed by atoms with Gasteiger partial charge >= 0.3 is 27.7 Å². The molecule has 2 heterocycles. The standard InChI is InChI=1S/C34H30N5.ClH.Pd/c1-27-13-15-31(33(21-27)38-19-17-36(25-38)23-29-9-5-3-6-10-29)35-32-16-14-28(2)22-34(32)39-20-18-37(26-39)24-30-11-7-4-8-12-30;;/h3-22H,23-24H2,1-2H3;1H;/q-1;;+2/p-1. The number of anilines is 2. The quantitative estimate of drug-likeness (QED) is 0.178. The van der Waals surface area contributed by atoms with Crippen LogP contribution in [-0.4, -0.2) is 9.80 Å². The van der Waals surface area contributed by atoms with Crippen molar-refractivity contribution in [2.45, 2.75) is 26.9 Å². The van der Waals surface area contributed by atoms with Crippen LogP contribution in [0.5, 0.6) is 0 Å². The molecule has 0 aliphatic carbocycles. The van der Waals surface area contributed by atoms with Gasteiger partial charge in [0.05, 0.1) is 0 Å². The second-order valence-electron chi connectivity index (χ2n) is 9.86. The van der Waals surface area contributed by atoms with Crippen LogP contribution in [0.15, 0.2) is 122 Å². The van der Waals surface area contributed by atoms with Gasteiger partial charge in [0.2, 0.25) is 13.3 Å². The summed E-state index contributed by atoms with van der Waals surface area (Å²) in [6.07, 6.45) is 8.19. The van der Waals surface area contributed by atoms with Crippen molar-refractivity contribution in [2.75, 3.05) is 9.80 Å². The molecule has 4 radical (unpaired) electrons. The van der Waals surface area contributed by atoms with Crippen molar-refractivity contribution in [2.24, 2.45) is 0 Å². The van der Waals surface area contributed by atoms with Crippen LogP contribution in [-0.2, 0) is 31.3 Å². The van der Waals surface area contributed by atoms with Gasteiger partial charge in [-0.15, -0.1) is 11.4 Å². The molecule has 2 aliphatic rings. The van der Waals surface area contributed by atoms with Gasteiger partial charge in [0, 0.05) is 49.3 Å². The fourth-order valence-corrected chi connectivity index (χ4v) is 4.68. The summed E-state index contributed by atoms with van der Waals surface area (Å²) in [6, 6.07) is 33.6. The van der Waals surface area contributed by atoms with Crippen molar-refractivity contribution in [3.8, 4) is 0 Å². The maximum absolute atomic E-state index is 5.16. The number of aryl methyl sites for hydroxylation is 2. The Balaban J connectivity index is 0.00000165. The fourth-order valence-electron chi connectivity index (χ4n) is 4.68. The van der Waals surface area contributed by atoms with Crippen LogP contribution in [0.1, 0.15) is 22.3 Å². The van der Waals surface area contributed by atoms with E-state index in [1.165, 1.54) is 22.3 Å². The van der Waals surface area contributed by atoms with Crippen molar-refractivity contribution >= 4 is 32.3 Å². The van der Waals surface area contributed by atoms with Gasteiger partial charge in [-0.1, -0.05) is 84.9 Å². The van der Waals surface area contributed by atoms with Gasteiger partial charge in [0.25, 0.3) is 0 Å².